The third-order valence-corrected chi connectivity index (χ3v) is 2.48. The number of ether oxygens (including phenoxy) is 2. The first-order valence-corrected chi connectivity index (χ1v) is 6.38. The van der Waals surface area contributed by atoms with Crippen LogP contribution >= 0.6 is 0 Å². The molecule has 0 amide bonds. The second-order valence-corrected chi connectivity index (χ2v) is 4.54. The summed E-state index contributed by atoms with van der Waals surface area (Å²) in [6.07, 6.45) is 0.799. The zero-order valence-corrected chi connectivity index (χ0v) is 11.8. The largest absolute Gasteiger partial charge is 0.490 e. The van der Waals surface area contributed by atoms with Crippen molar-refractivity contribution in [1.29, 1.82) is 0 Å². The number of hydrogen-bond donors (Lipinski definition) is 1. The van der Waals surface area contributed by atoms with Crippen molar-refractivity contribution >= 4 is 11.7 Å². The number of carbonyl (C=O) groups excluding carboxylic acids is 1. The van der Waals surface area contributed by atoms with Crippen LogP contribution in [0.5, 0.6) is 5.75 Å². The Morgan fingerprint density at radius 1 is 1.32 bits per heavy atom. The van der Waals surface area contributed by atoms with Gasteiger partial charge < -0.3 is 20.1 Å². The summed E-state index contributed by atoms with van der Waals surface area (Å²) in [5.74, 6) is 0.238. The van der Waals surface area contributed by atoms with Crippen LogP contribution < -0.4 is 10.5 Å². The maximum atomic E-state index is 11.6. The molecule has 0 aliphatic rings. The summed E-state index contributed by atoms with van der Waals surface area (Å²) >= 11 is 0. The molecule has 0 unspecified atom stereocenters. The molecule has 106 valence electrons. The van der Waals surface area contributed by atoms with Crippen LogP contribution in [-0.2, 0) is 4.74 Å². The van der Waals surface area contributed by atoms with Crippen LogP contribution in [0.4, 0.5) is 5.69 Å². The number of anilines is 1. The highest BCUT2D eigenvalue weighted by molar-refractivity contribution is 5.91. The third-order valence-electron chi connectivity index (χ3n) is 2.48. The molecule has 0 saturated carbocycles. The average Bonchev–Trinajstić information content (AvgIpc) is 2.37. The molecule has 0 saturated heterocycles. The van der Waals surface area contributed by atoms with Crippen LogP contribution in [-0.4, -0.2) is 44.7 Å². The summed E-state index contributed by atoms with van der Waals surface area (Å²) in [6.45, 7) is 3.72. The number of hydrogen-bond acceptors (Lipinski definition) is 5. The van der Waals surface area contributed by atoms with Gasteiger partial charge in [0.25, 0.3) is 0 Å². The molecular formula is C14H22N2O3. The maximum Gasteiger partial charge on any atom is 0.338 e. The van der Waals surface area contributed by atoms with E-state index < -0.39 is 0 Å². The molecule has 0 aliphatic heterocycles. The normalized spacial score (nSPS) is 10.5. The topological polar surface area (TPSA) is 64.8 Å². The predicted molar refractivity (Wildman–Crippen MR) is 75.5 cm³/mol. The van der Waals surface area contributed by atoms with E-state index in [1.54, 1.807) is 18.2 Å². The maximum absolute atomic E-state index is 11.6. The molecule has 1 aromatic rings. The van der Waals surface area contributed by atoms with E-state index in [0.717, 1.165) is 13.0 Å². The molecule has 5 nitrogen and oxygen atoms in total. The van der Waals surface area contributed by atoms with Crippen molar-refractivity contribution in [2.75, 3.05) is 39.6 Å². The van der Waals surface area contributed by atoms with Crippen LogP contribution in [0.3, 0.4) is 0 Å². The molecule has 2 N–H and O–H groups in total. The van der Waals surface area contributed by atoms with Gasteiger partial charge in [-0.05, 0) is 38.7 Å². The second-order valence-electron chi connectivity index (χ2n) is 4.54. The molecule has 19 heavy (non-hydrogen) atoms. The molecule has 5 heteroatoms. The lowest BCUT2D eigenvalue weighted by molar-refractivity contribution is 0.0505. The monoisotopic (exact) mass is 266 g/mol. The zero-order valence-electron chi connectivity index (χ0n) is 11.8. The van der Waals surface area contributed by atoms with Crippen molar-refractivity contribution in [3.05, 3.63) is 23.8 Å². The van der Waals surface area contributed by atoms with Gasteiger partial charge in [-0.2, -0.15) is 0 Å². The van der Waals surface area contributed by atoms with E-state index in [9.17, 15) is 4.79 Å². The Morgan fingerprint density at radius 2 is 2.05 bits per heavy atom. The van der Waals surface area contributed by atoms with Gasteiger partial charge in [0, 0.05) is 6.54 Å². The zero-order chi connectivity index (χ0) is 14.3. The number of rotatable bonds is 7. The molecule has 0 radical (unpaired) electrons. The number of nitrogen functional groups attached to an aromatic ring is 1. The SMILES string of the molecule is CCCOC(=O)c1ccc(OCCN(C)C)c(N)c1. The molecule has 0 bridgehead atoms. The fraction of sp³-hybridized carbons (Fsp3) is 0.500. The standard InChI is InChI=1S/C14H22N2O3/c1-4-8-19-14(17)11-5-6-13(12(15)10-11)18-9-7-16(2)3/h5-6,10H,4,7-9,15H2,1-3H3. The Bertz CT molecular complexity index is 419. The number of nitrogens with two attached hydrogens (primary N) is 1. The Hall–Kier alpha value is -1.75. The lowest BCUT2D eigenvalue weighted by Crippen LogP contribution is -2.19. The van der Waals surface area contributed by atoms with Gasteiger partial charge in [0.15, 0.2) is 0 Å². The van der Waals surface area contributed by atoms with E-state index in [4.69, 9.17) is 15.2 Å². The highest BCUT2D eigenvalue weighted by Gasteiger charge is 2.09. The number of nitrogens with zero attached hydrogens (tertiary/aromatic N) is 1. The summed E-state index contributed by atoms with van der Waals surface area (Å²) in [5.41, 5.74) is 6.76. The van der Waals surface area contributed by atoms with Crippen molar-refractivity contribution in [2.24, 2.45) is 0 Å². The number of esters is 1. The number of benzene rings is 1. The van der Waals surface area contributed by atoms with E-state index in [1.807, 2.05) is 25.9 Å². The Labute approximate surface area is 114 Å². The summed E-state index contributed by atoms with van der Waals surface area (Å²) in [7, 11) is 3.94. The highest BCUT2D eigenvalue weighted by Crippen LogP contribution is 2.22. The summed E-state index contributed by atoms with van der Waals surface area (Å²) in [4.78, 5) is 13.7. The smallest absolute Gasteiger partial charge is 0.338 e. The Balaban J connectivity index is 2.61. The predicted octanol–water partition coefficient (Wildman–Crippen LogP) is 1.78. The van der Waals surface area contributed by atoms with Crippen molar-refractivity contribution in [3.8, 4) is 5.75 Å². The van der Waals surface area contributed by atoms with E-state index >= 15 is 0 Å². The molecule has 0 heterocycles. The highest BCUT2D eigenvalue weighted by atomic mass is 16.5. The molecule has 0 fully saturated rings. The first kappa shape index (κ1) is 15.3. The molecule has 0 aliphatic carbocycles. The molecule has 1 aromatic carbocycles. The first-order chi connectivity index (χ1) is 9.04. The van der Waals surface area contributed by atoms with Crippen LogP contribution in [0.2, 0.25) is 0 Å². The fourth-order valence-electron chi connectivity index (χ4n) is 1.42. The first-order valence-electron chi connectivity index (χ1n) is 6.38. The fourth-order valence-corrected chi connectivity index (χ4v) is 1.42. The number of carbonyl (C=O) groups is 1. The molecule has 0 aromatic heterocycles. The van der Waals surface area contributed by atoms with Crippen LogP contribution in [0.15, 0.2) is 18.2 Å². The number of likely N-dealkylation sites (N-methyl/N-ethyl adjacent to an activating group) is 1. The van der Waals surface area contributed by atoms with Gasteiger partial charge in [-0.15, -0.1) is 0 Å². The van der Waals surface area contributed by atoms with E-state index in [1.165, 1.54) is 0 Å². The van der Waals surface area contributed by atoms with Gasteiger partial charge >= 0.3 is 5.97 Å². The van der Waals surface area contributed by atoms with Crippen molar-refractivity contribution in [1.82, 2.24) is 4.90 Å². The van der Waals surface area contributed by atoms with E-state index in [-0.39, 0.29) is 5.97 Å². The second kappa shape index (κ2) is 7.63. The lowest BCUT2D eigenvalue weighted by Gasteiger charge is -2.13. The third kappa shape index (κ3) is 5.18. The Morgan fingerprint density at radius 3 is 2.63 bits per heavy atom. The molecule has 1 rings (SSSR count). The van der Waals surface area contributed by atoms with E-state index in [2.05, 4.69) is 0 Å². The van der Waals surface area contributed by atoms with Crippen molar-refractivity contribution in [3.63, 3.8) is 0 Å². The van der Waals surface area contributed by atoms with Crippen LogP contribution in [0, 0.1) is 0 Å². The van der Waals surface area contributed by atoms with Crippen LogP contribution in [0.25, 0.3) is 0 Å². The van der Waals surface area contributed by atoms with Crippen molar-refractivity contribution < 1.29 is 14.3 Å². The van der Waals surface area contributed by atoms with Gasteiger partial charge in [0.1, 0.15) is 12.4 Å². The van der Waals surface area contributed by atoms with E-state index in [0.29, 0.717) is 30.2 Å². The molecule has 0 spiro atoms. The van der Waals surface area contributed by atoms with Gasteiger partial charge in [0.2, 0.25) is 0 Å². The van der Waals surface area contributed by atoms with Gasteiger partial charge in [-0.25, -0.2) is 4.79 Å². The minimum atomic E-state index is -0.353. The van der Waals surface area contributed by atoms with Crippen molar-refractivity contribution in [2.45, 2.75) is 13.3 Å². The summed E-state index contributed by atoms with van der Waals surface area (Å²) < 4.78 is 10.6. The minimum absolute atomic E-state index is 0.353. The Kier molecular flexibility index (Phi) is 6.15. The molecular weight excluding hydrogens is 244 g/mol. The van der Waals surface area contributed by atoms with Gasteiger partial charge in [-0.1, -0.05) is 6.92 Å². The average molecular weight is 266 g/mol. The quantitative estimate of drug-likeness (QED) is 0.602. The summed E-state index contributed by atoms with van der Waals surface area (Å²) in [5, 5.41) is 0. The summed E-state index contributed by atoms with van der Waals surface area (Å²) in [6, 6.07) is 4.95. The molecule has 0 atom stereocenters. The van der Waals surface area contributed by atoms with Gasteiger partial charge in [-0.3, -0.25) is 0 Å². The van der Waals surface area contributed by atoms with Crippen LogP contribution in [0.1, 0.15) is 23.7 Å². The lowest BCUT2D eigenvalue weighted by atomic mass is 10.2. The minimum Gasteiger partial charge on any atom is -0.490 e. The van der Waals surface area contributed by atoms with Gasteiger partial charge in [0.05, 0.1) is 17.9 Å².